The van der Waals surface area contributed by atoms with Crippen LogP contribution in [0.25, 0.3) is 0 Å². The molecule has 3 heterocycles. The zero-order valence-corrected chi connectivity index (χ0v) is 14.4. The Morgan fingerprint density at radius 1 is 1.04 bits per heavy atom. The number of carbonyl (C=O) groups is 1. The third-order valence-corrected chi connectivity index (χ3v) is 5.18. The van der Waals surface area contributed by atoms with Gasteiger partial charge in [-0.05, 0) is 17.7 Å². The van der Waals surface area contributed by atoms with Crippen LogP contribution in [0.3, 0.4) is 0 Å². The first-order chi connectivity index (χ1) is 12.8. The molecule has 1 amide bonds. The molecule has 0 aliphatic carbocycles. The molecule has 1 unspecified atom stereocenters. The van der Waals surface area contributed by atoms with Crippen molar-refractivity contribution in [2.75, 3.05) is 24.8 Å². The van der Waals surface area contributed by atoms with Crippen molar-refractivity contribution in [2.24, 2.45) is 0 Å². The van der Waals surface area contributed by atoms with Crippen LogP contribution >= 0.6 is 0 Å². The first-order valence-electron chi connectivity index (χ1n) is 8.70. The number of amides is 1. The average Bonchev–Trinajstić information content (AvgIpc) is 3.33. The van der Waals surface area contributed by atoms with Gasteiger partial charge < -0.3 is 14.2 Å². The largest absolute Gasteiger partial charge is 0.491 e. The second-order valence-corrected chi connectivity index (χ2v) is 6.51. The molecule has 130 valence electrons. The topological polar surface area (TPSA) is 48.0 Å². The van der Waals surface area contributed by atoms with E-state index in [0.717, 1.165) is 23.2 Å². The first kappa shape index (κ1) is 15.2. The van der Waals surface area contributed by atoms with Gasteiger partial charge in [-0.25, -0.2) is 0 Å². The molecule has 0 radical (unpaired) electrons. The number of ether oxygens (including phenoxy) is 3. The highest BCUT2D eigenvalue weighted by atomic mass is 16.7. The van der Waals surface area contributed by atoms with E-state index >= 15 is 0 Å². The molecule has 0 bridgehead atoms. The fourth-order valence-electron chi connectivity index (χ4n) is 3.98. The summed E-state index contributed by atoms with van der Waals surface area (Å²) in [7, 11) is 0. The van der Waals surface area contributed by atoms with E-state index in [2.05, 4.69) is 11.8 Å². The van der Waals surface area contributed by atoms with Gasteiger partial charge in [0.15, 0.2) is 11.5 Å². The van der Waals surface area contributed by atoms with Crippen LogP contribution in [0.15, 0.2) is 36.4 Å². The minimum Gasteiger partial charge on any atom is -0.491 e. The maximum absolute atomic E-state index is 13.5. The number of para-hydroxylation sites is 1. The van der Waals surface area contributed by atoms with Crippen molar-refractivity contribution in [3.63, 3.8) is 0 Å². The summed E-state index contributed by atoms with van der Waals surface area (Å²) < 4.78 is 16.9. The van der Waals surface area contributed by atoms with Gasteiger partial charge in [-0.3, -0.25) is 9.69 Å². The predicted octanol–water partition coefficient (Wildman–Crippen LogP) is 2.85. The molecular weight excluding hydrogens is 330 g/mol. The normalized spacial score (nSPS) is 21.3. The van der Waals surface area contributed by atoms with Crippen molar-refractivity contribution in [2.45, 2.75) is 18.8 Å². The lowest BCUT2D eigenvalue weighted by molar-refractivity contribution is -0.122. The van der Waals surface area contributed by atoms with Crippen LogP contribution in [0.5, 0.6) is 17.2 Å². The van der Waals surface area contributed by atoms with Crippen LogP contribution < -0.4 is 19.1 Å². The second-order valence-electron chi connectivity index (χ2n) is 6.51. The monoisotopic (exact) mass is 347 g/mol. The van der Waals surface area contributed by atoms with Crippen molar-refractivity contribution in [1.29, 1.82) is 0 Å². The summed E-state index contributed by atoms with van der Waals surface area (Å²) in [5.74, 6) is 8.13. The molecule has 0 N–H and O–H groups in total. The summed E-state index contributed by atoms with van der Waals surface area (Å²) in [5.41, 5.74) is 1.85. The zero-order valence-electron chi connectivity index (χ0n) is 14.4. The molecule has 0 saturated carbocycles. The summed E-state index contributed by atoms with van der Waals surface area (Å²) in [6.45, 7) is 2.84. The van der Waals surface area contributed by atoms with E-state index in [1.807, 2.05) is 43.3 Å². The summed E-state index contributed by atoms with van der Waals surface area (Å²) in [6.07, 6.45) is 0.768. The van der Waals surface area contributed by atoms with E-state index in [4.69, 9.17) is 14.2 Å². The molecule has 5 heteroatoms. The molecule has 1 spiro atoms. The van der Waals surface area contributed by atoms with Gasteiger partial charge in [-0.2, -0.15) is 0 Å². The Balaban J connectivity index is 1.68. The molecule has 0 aromatic heterocycles. The van der Waals surface area contributed by atoms with Gasteiger partial charge in [-0.1, -0.05) is 31.0 Å². The van der Waals surface area contributed by atoms with Crippen LogP contribution in [0.1, 0.15) is 24.5 Å². The van der Waals surface area contributed by atoms with E-state index in [1.54, 1.807) is 4.90 Å². The lowest BCUT2D eigenvalue weighted by Crippen LogP contribution is -2.42. The van der Waals surface area contributed by atoms with Crippen LogP contribution in [0.4, 0.5) is 5.69 Å². The third-order valence-electron chi connectivity index (χ3n) is 5.18. The van der Waals surface area contributed by atoms with Crippen molar-refractivity contribution in [3.05, 3.63) is 47.5 Å². The Morgan fingerprint density at radius 2 is 1.85 bits per heavy atom. The van der Waals surface area contributed by atoms with Crippen LogP contribution in [0.2, 0.25) is 0 Å². The lowest BCUT2D eigenvalue weighted by Gasteiger charge is -2.22. The smallest absolute Gasteiger partial charge is 0.246 e. The number of hydrogen-bond acceptors (Lipinski definition) is 4. The summed E-state index contributed by atoms with van der Waals surface area (Å²) in [5, 5.41) is 0. The van der Waals surface area contributed by atoms with Gasteiger partial charge in [-0.15, -0.1) is 5.92 Å². The molecule has 3 aliphatic rings. The van der Waals surface area contributed by atoms with Gasteiger partial charge >= 0.3 is 0 Å². The number of fused-ring (bicyclic) bond motifs is 5. The molecular formula is C21H17NO4. The maximum atomic E-state index is 13.5. The quantitative estimate of drug-likeness (QED) is 0.745. The Kier molecular flexibility index (Phi) is 3.17. The van der Waals surface area contributed by atoms with Gasteiger partial charge in [0.25, 0.3) is 0 Å². The van der Waals surface area contributed by atoms with E-state index in [1.165, 1.54) is 0 Å². The van der Waals surface area contributed by atoms with Gasteiger partial charge in [0.05, 0.1) is 6.54 Å². The standard InChI is InChI=1S/C21H17NO4/c1-2-3-6-9-22-16-8-5-4-7-14(16)21(20(22)23)12-24-17-11-19-18(10-15(17)21)25-13-26-19/h4-5,7-8,10-11H,2,9,12-13H2,1H3. The predicted molar refractivity (Wildman–Crippen MR) is 95.7 cm³/mol. The maximum Gasteiger partial charge on any atom is 0.246 e. The highest BCUT2D eigenvalue weighted by molar-refractivity contribution is 6.11. The number of benzene rings is 2. The molecule has 26 heavy (non-hydrogen) atoms. The minimum atomic E-state index is -0.846. The van der Waals surface area contributed by atoms with Crippen LogP contribution in [-0.4, -0.2) is 25.9 Å². The molecule has 2 aromatic rings. The Bertz CT molecular complexity index is 987. The second kappa shape index (κ2) is 5.43. The number of carbonyl (C=O) groups excluding carboxylic acids is 1. The zero-order chi connectivity index (χ0) is 17.7. The van der Waals surface area contributed by atoms with Gasteiger partial charge in [0, 0.05) is 23.7 Å². The van der Waals surface area contributed by atoms with E-state index in [9.17, 15) is 4.79 Å². The Labute approximate surface area is 151 Å². The number of hydrogen-bond donors (Lipinski definition) is 0. The minimum absolute atomic E-state index is 0.00159. The SMILES string of the molecule is CCC#CCN1C(=O)C2(COc3cc4c(cc32)OCO4)c2ccccc21. The molecule has 3 aliphatic heterocycles. The van der Waals surface area contributed by atoms with Crippen LogP contribution in [0, 0.1) is 11.8 Å². The highest BCUT2D eigenvalue weighted by Gasteiger charge is 2.57. The molecule has 5 nitrogen and oxygen atoms in total. The Morgan fingerprint density at radius 3 is 2.69 bits per heavy atom. The molecule has 0 fully saturated rings. The fourth-order valence-corrected chi connectivity index (χ4v) is 3.98. The molecule has 0 saturated heterocycles. The highest BCUT2D eigenvalue weighted by Crippen LogP contribution is 2.54. The van der Waals surface area contributed by atoms with Crippen molar-refractivity contribution in [1.82, 2.24) is 0 Å². The molecule has 5 rings (SSSR count). The van der Waals surface area contributed by atoms with E-state index in [0.29, 0.717) is 23.8 Å². The van der Waals surface area contributed by atoms with Crippen molar-refractivity contribution >= 4 is 11.6 Å². The number of rotatable bonds is 1. The van der Waals surface area contributed by atoms with Crippen molar-refractivity contribution in [3.8, 4) is 29.1 Å². The van der Waals surface area contributed by atoms with Crippen molar-refractivity contribution < 1.29 is 19.0 Å². The molecule has 1 atom stereocenters. The van der Waals surface area contributed by atoms with E-state index < -0.39 is 5.41 Å². The van der Waals surface area contributed by atoms with Gasteiger partial charge in [0.2, 0.25) is 12.7 Å². The Hall–Kier alpha value is -3.13. The first-order valence-corrected chi connectivity index (χ1v) is 8.70. The lowest BCUT2D eigenvalue weighted by atomic mass is 9.77. The summed E-state index contributed by atoms with van der Waals surface area (Å²) in [4.78, 5) is 15.3. The third kappa shape index (κ3) is 1.84. The summed E-state index contributed by atoms with van der Waals surface area (Å²) in [6, 6.07) is 11.6. The van der Waals surface area contributed by atoms with E-state index in [-0.39, 0.29) is 19.3 Å². The average molecular weight is 347 g/mol. The fraction of sp³-hybridized carbons (Fsp3) is 0.286. The number of nitrogens with zero attached hydrogens (tertiary/aromatic N) is 1. The number of anilines is 1. The van der Waals surface area contributed by atoms with Gasteiger partial charge in [0.1, 0.15) is 17.8 Å². The van der Waals surface area contributed by atoms with Crippen LogP contribution in [-0.2, 0) is 10.2 Å². The molecule has 2 aromatic carbocycles. The summed E-state index contributed by atoms with van der Waals surface area (Å²) >= 11 is 0.